The fraction of sp³-hybridized carbons (Fsp3) is 0.227. The average Bonchev–Trinajstić information content (AvgIpc) is 3.04. The lowest BCUT2D eigenvalue weighted by Gasteiger charge is -2.23. The zero-order valence-electron chi connectivity index (χ0n) is 16.4. The van der Waals surface area contributed by atoms with E-state index in [1.165, 1.54) is 10.7 Å². The highest BCUT2D eigenvalue weighted by Gasteiger charge is 2.36. The highest BCUT2D eigenvalue weighted by Crippen LogP contribution is 2.38. The van der Waals surface area contributed by atoms with Crippen molar-refractivity contribution in [3.63, 3.8) is 0 Å². The quantitative estimate of drug-likeness (QED) is 0.640. The molecule has 0 spiro atoms. The number of benzene rings is 2. The normalized spacial score (nSPS) is 15.5. The number of fused-ring (bicyclic) bond motifs is 1. The lowest BCUT2D eigenvalue weighted by atomic mass is 9.85. The molecular weight excluding hydrogens is 392 g/mol. The zero-order chi connectivity index (χ0) is 21.4. The van der Waals surface area contributed by atoms with Gasteiger partial charge >= 0.3 is 0 Å². The van der Waals surface area contributed by atoms with E-state index in [2.05, 4.69) is 10.4 Å². The van der Waals surface area contributed by atoms with E-state index < -0.39 is 17.6 Å². The number of carbonyl (C=O) groups excluding carboxylic acids is 2. The molecule has 0 fully saturated rings. The van der Waals surface area contributed by atoms with E-state index in [0.717, 1.165) is 12.1 Å². The Kier molecular flexibility index (Phi) is 5.07. The molecule has 0 saturated heterocycles. The second-order valence-electron chi connectivity index (χ2n) is 6.98. The molecule has 0 bridgehead atoms. The smallest absolute Gasteiger partial charge is 0.226 e. The molecule has 0 saturated carbocycles. The monoisotopic (exact) mass is 411 g/mol. The van der Waals surface area contributed by atoms with Gasteiger partial charge in [0, 0.05) is 23.6 Å². The van der Waals surface area contributed by atoms with Crippen LogP contribution in [0.3, 0.4) is 0 Å². The van der Waals surface area contributed by atoms with Crippen LogP contribution in [0.1, 0.15) is 40.9 Å². The van der Waals surface area contributed by atoms with Crippen LogP contribution in [0, 0.1) is 18.6 Å². The summed E-state index contributed by atoms with van der Waals surface area (Å²) in [6, 6.07) is 9.79. The third-order valence-corrected chi connectivity index (χ3v) is 5.01. The Bertz CT molecular complexity index is 1140. The number of nitrogens with zero attached hydrogens (tertiary/aromatic N) is 2. The van der Waals surface area contributed by atoms with Crippen LogP contribution >= 0.6 is 0 Å². The van der Waals surface area contributed by atoms with Crippen molar-refractivity contribution in [2.24, 2.45) is 0 Å². The first kappa shape index (κ1) is 19.8. The fourth-order valence-corrected chi connectivity index (χ4v) is 3.68. The van der Waals surface area contributed by atoms with Crippen LogP contribution in [-0.4, -0.2) is 28.1 Å². The van der Waals surface area contributed by atoms with Crippen LogP contribution in [0.25, 0.3) is 5.69 Å². The van der Waals surface area contributed by atoms with Crippen molar-refractivity contribution in [1.29, 1.82) is 0 Å². The summed E-state index contributed by atoms with van der Waals surface area (Å²) in [6.07, 6.45) is -0.0442. The number of carbonyl (C=O) groups is 2. The second-order valence-corrected chi connectivity index (χ2v) is 6.98. The number of Topliss-reactive ketones (excluding diaryl/α,β-unsaturated/α-hetero) is 1. The maximum atomic E-state index is 14.3. The third-order valence-electron chi connectivity index (χ3n) is 5.01. The van der Waals surface area contributed by atoms with E-state index in [1.807, 2.05) is 6.92 Å². The molecule has 0 aliphatic carbocycles. The van der Waals surface area contributed by atoms with Crippen molar-refractivity contribution in [3.05, 3.63) is 70.9 Å². The topological polar surface area (TPSA) is 73.2 Å². The SMILES string of the molecule is CCOc1ccc(C(=O)[C@H]2CC(=O)Nc3c2c(C)nn3-c2ccc(F)cc2F)cc1. The van der Waals surface area contributed by atoms with Gasteiger partial charge in [0.15, 0.2) is 11.6 Å². The minimum Gasteiger partial charge on any atom is -0.494 e. The number of anilines is 1. The van der Waals surface area contributed by atoms with Crippen molar-refractivity contribution in [1.82, 2.24) is 9.78 Å². The number of nitrogens with one attached hydrogen (secondary N) is 1. The highest BCUT2D eigenvalue weighted by molar-refractivity contribution is 6.08. The van der Waals surface area contributed by atoms with Gasteiger partial charge in [-0.2, -0.15) is 5.10 Å². The number of aryl methyl sites for hydroxylation is 1. The van der Waals surface area contributed by atoms with E-state index in [-0.39, 0.29) is 29.6 Å². The lowest BCUT2D eigenvalue weighted by molar-refractivity contribution is -0.116. The number of hydrogen-bond donors (Lipinski definition) is 1. The minimum atomic E-state index is -0.825. The number of hydrogen-bond acceptors (Lipinski definition) is 4. The summed E-state index contributed by atoms with van der Waals surface area (Å²) in [5.41, 5.74) is 1.43. The molecular formula is C22H19F2N3O3. The number of ether oxygens (including phenoxy) is 1. The van der Waals surface area contributed by atoms with E-state index in [1.54, 1.807) is 31.2 Å². The Morgan fingerprint density at radius 1 is 1.23 bits per heavy atom. The summed E-state index contributed by atoms with van der Waals surface area (Å²) >= 11 is 0. The molecule has 1 atom stereocenters. The lowest BCUT2D eigenvalue weighted by Crippen LogP contribution is -2.28. The highest BCUT2D eigenvalue weighted by atomic mass is 19.1. The fourth-order valence-electron chi connectivity index (χ4n) is 3.68. The zero-order valence-corrected chi connectivity index (χ0v) is 16.4. The van der Waals surface area contributed by atoms with Gasteiger partial charge in [-0.1, -0.05) is 0 Å². The Morgan fingerprint density at radius 3 is 2.63 bits per heavy atom. The van der Waals surface area contributed by atoms with Crippen molar-refractivity contribution in [2.75, 3.05) is 11.9 Å². The summed E-state index contributed by atoms with van der Waals surface area (Å²) in [5, 5.41) is 7.00. The first-order valence-corrected chi connectivity index (χ1v) is 9.51. The maximum Gasteiger partial charge on any atom is 0.226 e. The van der Waals surface area contributed by atoms with Gasteiger partial charge in [0.25, 0.3) is 0 Å². The van der Waals surface area contributed by atoms with E-state index >= 15 is 0 Å². The summed E-state index contributed by atoms with van der Waals surface area (Å²) < 4.78 is 34.3. The molecule has 30 heavy (non-hydrogen) atoms. The Hall–Kier alpha value is -3.55. The van der Waals surface area contributed by atoms with Crippen LogP contribution < -0.4 is 10.1 Å². The minimum absolute atomic E-state index is 0.0183. The summed E-state index contributed by atoms with van der Waals surface area (Å²) in [6.45, 7) is 4.07. The number of ketones is 1. The van der Waals surface area contributed by atoms with Gasteiger partial charge in [0.2, 0.25) is 5.91 Å². The van der Waals surface area contributed by atoms with Crippen molar-refractivity contribution >= 4 is 17.5 Å². The molecule has 1 aliphatic heterocycles. The van der Waals surface area contributed by atoms with Gasteiger partial charge in [-0.15, -0.1) is 0 Å². The third kappa shape index (κ3) is 3.45. The number of rotatable bonds is 5. The van der Waals surface area contributed by atoms with Crippen molar-refractivity contribution in [2.45, 2.75) is 26.2 Å². The second kappa shape index (κ2) is 7.70. The summed E-state index contributed by atoms with van der Waals surface area (Å²) in [7, 11) is 0. The van der Waals surface area contributed by atoms with Gasteiger partial charge < -0.3 is 10.1 Å². The maximum absolute atomic E-state index is 14.3. The number of aromatic nitrogens is 2. The standard InChI is InChI=1S/C22H19F2N3O3/c1-3-30-15-7-4-13(5-8-15)21(29)16-11-19(28)25-22-20(16)12(2)26-27(22)18-9-6-14(23)10-17(18)24/h4-10,16H,3,11H2,1-2H3,(H,25,28)/t16-/m0/s1. The molecule has 8 heteroatoms. The molecule has 1 aromatic heterocycles. The van der Waals surface area contributed by atoms with Crippen LogP contribution in [0.2, 0.25) is 0 Å². The summed E-state index contributed by atoms with van der Waals surface area (Å²) in [4.78, 5) is 25.6. The largest absolute Gasteiger partial charge is 0.494 e. The van der Waals surface area contributed by atoms with E-state index in [4.69, 9.17) is 4.74 Å². The van der Waals surface area contributed by atoms with Gasteiger partial charge in [-0.3, -0.25) is 9.59 Å². The van der Waals surface area contributed by atoms with Crippen LogP contribution in [0.15, 0.2) is 42.5 Å². The first-order valence-electron chi connectivity index (χ1n) is 9.51. The molecule has 1 amide bonds. The van der Waals surface area contributed by atoms with Gasteiger partial charge in [0.05, 0.1) is 18.2 Å². The molecule has 2 aromatic carbocycles. The van der Waals surface area contributed by atoms with Gasteiger partial charge in [0.1, 0.15) is 23.1 Å². The molecule has 1 aliphatic rings. The molecule has 1 N–H and O–H groups in total. The van der Waals surface area contributed by atoms with E-state index in [9.17, 15) is 18.4 Å². The number of halogens is 2. The van der Waals surface area contributed by atoms with Crippen LogP contribution in [0.4, 0.5) is 14.6 Å². The molecule has 6 nitrogen and oxygen atoms in total. The molecule has 0 unspecified atom stereocenters. The number of amides is 1. The molecule has 2 heterocycles. The van der Waals surface area contributed by atoms with Gasteiger partial charge in [-0.25, -0.2) is 13.5 Å². The predicted octanol–water partition coefficient (Wildman–Crippen LogP) is 4.17. The summed E-state index contributed by atoms with van der Waals surface area (Å²) in [5.74, 6) is -2.06. The molecule has 3 aromatic rings. The van der Waals surface area contributed by atoms with Crippen LogP contribution in [-0.2, 0) is 4.79 Å². The van der Waals surface area contributed by atoms with Crippen molar-refractivity contribution < 1.29 is 23.1 Å². The Labute approximate surface area is 171 Å². The van der Waals surface area contributed by atoms with Crippen molar-refractivity contribution in [3.8, 4) is 11.4 Å². The predicted molar refractivity (Wildman–Crippen MR) is 106 cm³/mol. The Balaban J connectivity index is 1.76. The Morgan fingerprint density at radius 2 is 1.97 bits per heavy atom. The molecule has 154 valence electrons. The first-order chi connectivity index (χ1) is 14.4. The van der Waals surface area contributed by atoms with Crippen LogP contribution in [0.5, 0.6) is 5.75 Å². The average molecular weight is 411 g/mol. The van der Waals surface area contributed by atoms with Gasteiger partial charge in [-0.05, 0) is 50.2 Å². The molecule has 4 rings (SSSR count). The van der Waals surface area contributed by atoms with E-state index in [0.29, 0.717) is 29.2 Å². The molecule has 0 radical (unpaired) electrons.